The molecule has 0 unspecified atom stereocenters. The zero-order valence-corrected chi connectivity index (χ0v) is 6.41. The van der Waals surface area contributed by atoms with E-state index in [2.05, 4.69) is 0 Å². The minimum Gasteiger partial charge on any atom is -0.480 e. The van der Waals surface area contributed by atoms with Gasteiger partial charge in [0.05, 0.1) is 0 Å². The van der Waals surface area contributed by atoms with Crippen molar-refractivity contribution in [1.29, 1.82) is 0 Å². The van der Waals surface area contributed by atoms with E-state index in [0.717, 1.165) is 4.90 Å². The summed E-state index contributed by atoms with van der Waals surface area (Å²) in [5.74, 6) is -1.26. The number of nitrogens with two attached hydrogens (primary N) is 1. The SMILES string of the molecule is CN(CC(=O)O)C(=O)CCN. The molecular weight excluding hydrogens is 148 g/mol. The Bertz CT molecular complexity index is 158. The lowest BCUT2D eigenvalue weighted by atomic mass is 10.4. The van der Waals surface area contributed by atoms with Gasteiger partial charge in [0.15, 0.2) is 0 Å². The molecule has 0 aromatic heterocycles. The van der Waals surface area contributed by atoms with Gasteiger partial charge in [-0.2, -0.15) is 0 Å². The maximum absolute atomic E-state index is 10.9. The van der Waals surface area contributed by atoms with Gasteiger partial charge in [0, 0.05) is 20.0 Å². The highest BCUT2D eigenvalue weighted by molar-refractivity contribution is 5.81. The summed E-state index contributed by atoms with van der Waals surface area (Å²) in [6.45, 7) is -0.0123. The Labute approximate surface area is 64.8 Å². The maximum Gasteiger partial charge on any atom is 0.323 e. The van der Waals surface area contributed by atoms with Crippen LogP contribution in [0.5, 0.6) is 0 Å². The van der Waals surface area contributed by atoms with Gasteiger partial charge < -0.3 is 15.7 Å². The van der Waals surface area contributed by atoms with Crippen molar-refractivity contribution >= 4 is 11.9 Å². The zero-order chi connectivity index (χ0) is 8.85. The summed E-state index contributed by atoms with van der Waals surface area (Å²) in [5.41, 5.74) is 5.10. The maximum atomic E-state index is 10.9. The molecule has 0 bridgehead atoms. The van der Waals surface area contributed by atoms with Gasteiger partial charge in [0.2, 0.25) is 5.91 Å². The normalized spacial score (nSPS) is 9.27. The lowest BCUT2D eigenvalue weighted by Crippen LogP contribution is -2.32. The molecule has 5 heteroatoms. The predicted octanol–water partition coefficient (Wildman–Crippen LogP) is -1.12. The minimum atomic E-state index is -1.02. The molecule has 0 spiro atoms. The van der Waals surface area contributed by atoms with Gasteiger partial charge in [-0.25, -0.2) is 0 Å². The van der Waals surface area contributed by atoms with E-state index in [4.69, 9.17) is 10.8 Å². The highest BCUT2D eigenvalue weighted by Crippen LogP contribution is 1.87. The molecule has 0 aromatic rings. The van der Waals surface area contributed by atoms with Gasteiger partial charge >= 0.3 is 5.97 Å². The van der Waals surface area contributed by atoms with Crippen molar-refractivity contribution in [2.75, 3.05) is 20.1 Å². The molecule has 0 aromatic carbocycles. The van der Waals surface area contributed by atoms with Gasteiger partial charge in [-0.3, -0.25) is 9.59 Å². The number of hydrogen-bond donors (Lipinski definition) is 2. The second kappa shape index (κ2) is 4.68. The van der Waals surface area contributed by atoms with Crippen molar-refractivity contribution in [3.63, 3.8) is 0 Å². The number of carboxylic acids is 1. The molecular formula is C6H12N2O3. The Balaban J connectivity index is 3.73. The third kappa shape index (κ3) is 4.32. The monoisotopic (exact) mass is 160 g/mol. The van der Waals surface area contributed by atoms with Crippen LogP contribution in [0, 0.1) is 0 Å². The molecule has 1 amide bonds. The highest BCUT2D eigenvalue weighted by Gasteiger charge is 2.09. The van der Waals surface area contributed by atoms with Gasteiger partial charge in [-0.15, -0.1) is 0 Å². The number of aliphatic carboxylic acids is 1. The van der Waals surface area contributed by atoms with E-state index in [9.17, 15) is 9.59 Å². The van der Waals surface area contributed by atoms with E-state index in [1.807, 2.05) is 0 Å². The first-order chi connectivity index (χ1) is 5.07. The Morgan fingerprint density at radius 1 is 1.55 bits per heavy atom. The second-order valence-corrected chi connectivity index (χ2v) is 2.18. The van der Waals surface area contributed by atoms with Crippen molar-refractivity contribution in [2.45, 2.75) is 6.42 Å². The summed E-state index contributed by atoms with van der Waals surface area (Å²) in [6.07, 6.45) is 0.198. The molecule has 0 saturated heterocycles. The van der Waals surface area contributed by atoms with E-state index in [-0.39, 0.29) is 25.4 Å². The summed E-state index contributed by atoms with van der Waals surface area (Å²) in [4.78, 5) is 22.1. The number of likely N-dealkylation sites (N-methyl/N-ethyl adjacent to an activating group) is 1. The van der Waals surface area contributed by atoms with E-state index in [1.54, 1.807) is 0 Å². The fourth-order valence-electron chi connectivity index (χ4n) is 0.605. The van der Waals surface area contributed by atoms with Gasteiger partial charge in [-0.1, -0.05) is 0 Å². The molecule has 0 aliphatic heterocycles. The number of hydrogen-bond acceptors (Lipinski definition) is 3. The molecule has 11 heavy (non-hydrogen) atoms. The van der Waals surface area contributed by atoms with Crippen LogP contribution in [0.25, 0.3) is 0 Å². The molecule has 0 heterocycles. The summed E-state index contributed by atoms with van der Waals surface area (Å²) < 4.78 is 0. The van der Waals surface area contributed by atoms with Gasteiger partial charge in [0.1, 0.15) is 6.54 Å². The molecule has 3 N–H and O–H groups in total. The van der Waals surface area contributed by atoms with E-state index in [1.165, 1.54) is 7.05 Å². The molecule has 5 nitrogen and oxygen atoms in total. The number of amides is 1. The molecule has 0 atom stereocenters. The molecule has 0 saturated carbocycles. The van der Waals surface area contributed by atoms with Crippen molar-refractivity contribution in [2.24, 2.45) is 5.73 Å². The van der Waals surface area contributed by atoms with Crippen LogP contribution in [-0.2, 0) is 9.59 Å². The number of nitrogens with zero attached hydrogens (tertiary/aromatic N) is 1. The Kier molecular flexibility index (Phi) is 4.21. The van der Waals surface area contributed by atoms with Crippen LogP contribution in [0.4, 0.5) is 0 Å². The predicted molar refractivity (Wildman–Crippen MR) is 38.9 cm³/mol. The number of carbonyl (C=O) groups excluding carboxylic acids is 1. The zero-order valence-electron chi connectivity index (χ0n) is 6.41. The van der Waals surface area contributed by atoms with Crippen LogP contribution >= 0.6 is 0 Å². The lowest BCUT2D eigenvalue weighted by Gasteiger charge is -2.12. The Morgan fingerprint density at radius 3 is 2.45 bits per heavy atom. The highest BCUT2D eigenvalue weighted by atomic mass is 16.4. The van der Waals surface area contributed by atoms with Crippen LogP contribution < -0.4 is 5.73 Å². The molecule has 0 radical (unpaired) electrons. The first-order valence-corrected chi connectivity index (χ1v) is 3.23. The van der Waals surface area contributed by atoms with E-state index in [0.29, 0.717) is 0 Å². The summed E-state index contributed by atoms with van der Waals surface area (Å²) in [7, 11) is 1.44. The van der Waals surface area contributed by atoms with Crippen molar-refractivity contribution in [1.82, 2.24) is 4.90 Å². The largest absolute Gasteiger partial charge is 0.480 e. The van der Waals surface area contributed by atoms with E-state index < -0.39 is 5.97 Å². The minimum absolute atomic E-state index is 0.198. The molecule has 0 rings (SSSR count). The van der Waals surface area contributed by atoms with Crippen LogP contribution in [-0.4, -0.2) is 42.0 Å². The molecule has 0 aliphatic carbocycles. The Hall–Kier alpha value is -1.10. The quantitative estimate of drug-likeness (QED) is 0.545. The van der Waals surface area contributed by atoms with Gasteiger partial charge in [0.25, 0.3) is 0 Å². The van der Waals surface area contributed by atoms with Crippen LogP contribution in [0.3, 0.4) is 0 Å². The first kappa shape index (κ1) is 9.90. The fraction of sp³-hybridized carbons (Fsp3) is 0.667. The van der Waals surface area contributed by atoms with Crippen LogP contribution in [0.2, 0.25) is 0 Å². The Morgan fingerprint density at radius 2 is 2.09 bits per heavy atom. The van der Waals surface area contributed by atoms with Gasteiger partial charge in [-0.05, 0) is 0 Å². The number of carboxylic acid groups (broad SMARTS) is 1. The average molecular weight is 160 g/mol. The number of rotatable bonds is 4. The average Bonchev–Trinajstić information content (AvgIpc) is 1.86. The smallest absolute Gasteiger partial charge is 0.323 e. The second-order valence-electron chi connectivity index (χ2n) is 2.18. The standard InChI is InChI=1S/C6H12N2O3/c1-8(4-6(10)11)5(9)2-3-7/h2-4,7H2,1H3,(H,10,11). The molecule has 64 valence electrons. The van der Waals surface area contributed by atoms with Crippen LogP contribution in [0.15, 0.2) is 0 Å². The first-order valence-electron chi connectivity index (χ1n) is 3.23. The fourth-order valence-corrected chi connectivity index (χ4v) is 0.605. The molecule has 0 fully saturated rings. The van der Waals surface area contributed by atoms with E-state index >= 15 is 0 Å². The topological polar surface area (TPSA) is 83.6 Å². The van der Waals surface area contributed by atoms with Crippen molar-refractivity contribution in [3.05, 3.63) is 0 Å². The summed E-state index contributed by atoms with van der Waals surface area (Å²) in [5, 5.41) is 8.28. The number of carbonyl (C=O) groups is 2. The summed E-state index contributed by atoms with van der Waals surface area (Å²) in [6, 6.07) is 0. The van der Waals surface area contributed by atoms with Crippen molar-refractivity contribution in [3.8, 4) is 0 Å². The molecule has 0 aliphatic rings. The lowest BCUT2D eigenvalue weighted by molar-refractivity contribution is -0.143. The third-order valence-electron chi connectivity index (χ3n) is 1.16. The van der Waals surface area contributed by atoms with Crippen molar-refractivity contribution < 1.29 is 14.7 Å². The third-order valence-corrected chi connectivity index (χ3v) is 1.16. The summed E-state index contributed by atoms with van der Waals surface area (Å²) >= 11 is 0. The van der Waals surface area contributed by atoms with Crippen LogP contribution in [0.1, 0.15) is 6.42 Å².